The summed E-state index contributed by atoms with van der Waals surface area (Å²) in [6.45, 7) is 14.7. The van der Waals surface area contributed by atoms with Crippen LogP contribution in [-0.2, 0) is 0 Å². The Bertz CT molecular complexity index is 647. The van der Waals surface area contributed by atoms with Crippen molar-refractivity contribution in [3.63, 3.8) is 0 Å². The molecule has 164 valence electrons. The van der Waals surface area contributed by atoms with Gasteiger partial charge in [-0.15, -0.1) is 0 Å². The van der Waals surface area contributed by atoms with Crippen molar-refractivity contribution in [2.45, 2.75) is 92.6 Å². The topological polar surface area (TPSA) is 20.2 Å². The molecule has 0 bridgehead atoms. The zero-order valence-corrected chi connectivity index (χ0v) is 19.9. The molecule has 4 aliphatic carbocycles. The van der Waals surface area contributed by atoms with Gasteiger partial charge in [0.1, 0.15) is 0 Å². The summed E-state index contributed by atoms with van der Waals surface area (Å²) >= 11 is 0. The van der Waals surface area contributed by atoms with Gasteiger partial charge in [0, 0.05) is 0 Å². The van der Waals surface area contributed by atoms with E-state index in [4.69, 9.17) is 0 Å². The van der Waals surface area contributed by atoms with E-state index in [1.807, 2.05) is 0 Å². The molecule has 3 fully saturated rings. The van der Waals surface area contributed by atoms with Crippen LogP contribution in [-0.4, -0.2) is 11.2 Å². The van der Waals surface area contributed by atoms with E-state index in [-0.39, 0.29) is 6.10 Å². The predicted octanol–water partition coefficient (Wildman–Crippen LogP) is 7.27. The lowest BCUT2D eigenvalue weighted by molar-refractivity contribution is -0.0795. The molecular weight excluding hydrogens is 352 g/mol. The van der Waals surface area contributed by atoms with Crippen LogP contribution in [0.1, 0.15) is 86.5 Å². The van der Waals surface area contributed by atoms with Crippen LogP contribution in [0.15, 0.2) is 24.3 Å². The highest BCUT2D eigenvalue weighted by molar-refractivity contribution is 5.18. The Balaban J connectivity index is 1.53. The summed E-state index contributed by atoms with van der Waals surface area (Å²) in [6, 6.07) is 0. The van der Waals surface area contributed by atoms with Crippen molar-refractivity contribution < 1.29 is 5.11 Å². The Morgan fingerprint density at radius 3 is 2.28 bits per heavy atom. The first kappa shape index (κ1) is 21.7. The molecule has 0 radical (unpaired) electrons. The van der Waals surface area contributed by atoms with Gasteiger partial charge in [0.2, 0.25) is 0 Å². The van der Waals surface area contributed by atoms with Crippen LogP contribution < -0.4 is 0 Å². The van der Waals surface area contributed by atoms with Gasteiger partial charge in [-0.1, -0.05) is 65.8 Å². The Labute approximate surface area is 180 Å². The molecule has 0 aromatic heterocycles. The molecular formula is C28H46O. The largest absolute Gasteiger partial charge is 0.393 e. The molecule has 29 heavy (non-hydrogen) atoms. The fourth-order valence-corrected chi connectivity index (χ4v) is 8.21. The summed E-state index contributed by atoms with van der Waals surface area (Å²) in [7, 11) is 0. The molecule has 0 saturated heterocycles. The van der Waals surface area contributed by atoms with Crippen LogP contribution in [0.4, 0.5) is 0 Å². The minimum absolute atomic E-state index is 0.0696. The maximum Gasteiger partial charge on any atom is 0.0546 e. The van der Waals surface area contributed by atoms with Crippen LogP contribution in [0, 0.1) is 58.2 Å². The quantitative estimate of drug-likeness (QED) is 0.494. The summed E-state index contributed by atoms with van der Waals surface area (Å²) < 4.78 is 0. The van der Waals surface area contributed by atoms with Gasteiger partial charge >= 0.3 is 0 Å². The first-order chi connectivity index (χ1) is 13.7. The van der Waals surface area contributed by atoms with Gasteiger partial charge in [0.05, 0.1) is 6.10 Å². The molecule has 0 heterocycles. The molecule has 4 rings (SSSR count). The highest BCUT2D eigenvalue weighted by Gasteiger charge is 2.59. The molecule has 0 spiro atoms. The zero-order chi connectivity index (χ0) is 21.0. The molecule has 0 aliphatic heterocycles. The number of aliphatic hydroxyl groups excluding tert-OH is 1. The molecule has 0 aromatic rings. The Morgan fingerprint density at radius 2 is 1.55 bits per heavy atom. The van der Waals surface area contributed by atoms with Crippen LogP contribution in [0.25, 0.3) is 0 Å². The lowest BCUT2D eigenvalue weighted by Crippen LogP contribution is -2.52. The van der Waals surface area contributed by atoms with Gasteiger partial charge < -0.3 is 5.11 Å². The van der Waals surface area contributed by atoms with E-state index < -0.39 is 0 Å². The number of allylic oxidation sites excluding steroid dienone is 4. The predicted molar refractivity (Wildman–Crippen MR) is 123 cm³/mol. The van der Waals surface area contributed by atoms with Crippen molar-refractivity contribution in [2.24, 2.45) is 58.2 Å². The second kappa shape index (κ2) is 7.85. The van der Waals surface area contributed by atoms with E-state index in [9.17, 15) is 5.11 Å². The smallest absolute Gasteiger partial charge is 0.0546 e. The maximum atomic E-state index is 10.2. The van der Waals surface area contributed by atoms with E-state index in [0.717, 1.165) is 42.4 Å². The van der Waals surface area contributed by atoms with Crippen molar-refractivity contribution in [1.82, 2.24) is 0 Å². The maximum absolute atomic E-state index is 10.2. The van der Waals surface area contributed by atoms with E-state index in [0.29, 0.717) is 28.6 Å². The van der Waals surface area contributed by atoms with Crippen molar-refractivity contribution in [1.29, 1.82) is 0 Å². The summed E-state index contributed by atoms with van der Waals surface area (Å²) in [5.41, 5.74) is 0.935. The van der Waals surface area contributed by atoms with Crippen molar-refractivity contribution in [2.75, 3.05) is 0 Å². The van der Waals surface area contributed by atoms with Gasteiger partial charge in [-0.05, 0) is 103 Å². The van der Waals surface area contributed by atoms with Gasteiger partial charge in [-0.3, -0.25) is 0 Å². The van der Waals surface area contributed by atoms with Gasteiger partial charge in [0.25, 0.3) is 0 Å². The third-order valence-corrected chi connectivity index (χ3v) is 10.6. The Kier molecular flexibility index (Phi) is 5.86. The number of hydrogen-bond donors (Lipinski definition) is 1. The second-order valence-electron chi connectivity index (χ2n) is 12.3. The summed E-state index contributed by atoms with van der Waals surface area (Å²) in [5, 5.41) is 10.2. The van der Waals surface area contributed by atoms with E-state index in [1.54, 1.807) is 0 Å². The SMILES string of the molecule is CC(C)[C@@H](C)C=C[C@@H](C)[C@H]1CC[C@H]2[C@@H]3C=CC4C[C@@H](O)CC[C@]4(C)[C@H]3CC[C@]12C. The third-order valence-electron chi connectivity index (χ3n) is 10.6. The fourth-order valence-electron chi connectivity index (χ4n) is 8.21. The van der Waals surface area contributed by atoms with E-state index in [2.05, 4.69) is 65.8 Å². The van der Waals surface area contributed by atoms with Crippen LogP contribution in [0.3, 0.4) is 0 Å². The molecule has 1 N–H and O–H groups in total. The first-order valence-electron chi connectivity index (χ1n) is 12.7. The number of hydrogen-bond acceptors (Lipinski definition) is 1. The third kappa shape index (κ3) is 3.58. The number of rotatable bonds is 4. The summed E-state index contributed by atoms with van der Waals surface area (Å²) in [5.74, 6) is 6.04. The van der Waals surface area contributed by atoms with Crippen molar-refractivity contribution >= 4 is 0 Å². The van der Waals surface area contributed by atoms with Crippen LogP contribution >= 0.6 is 0 Å². The highest BCUT2D eigenvalue weighted by Crippen LogP contribution is 2.66. The van der Waals surface area contributed by atoms with Crippen LogP contribution in [0.5, 0.6) is 0 Å². The molecule has 0 amide bonds. The monoisotopic (exact) mass is 398 g/mol. The lowest BCUT2D eigenvalue weighted by atomic mass is 9.46. The molecule has 1 unspecified atom stereocenters. The minimum atomic E-state index is -0.0696. The average Bonchev–Trinajstić information content (AvgIpc) is 3.03. The second-order valence-corrected chi connectivity index (χ2v) is 12.3. The van der Waals surface area contributed by atoms with E-state index >= 15 is 0 Å². The zero-order valence-electron chi connectivity index (χ0n) is 19.9. The molecule has 1 nitrogen and oxygen atoms in total. The number of fused-ring (bicyclic) bond motifs is 5. The lowest BCUT2D eigenvalue weighted by Gasteiger charge is -2.59. The number of aliphatic hydroxyl groups is 1. The first-order valence-corrected chi connectivity index (χ1v) is 12.7. The van der Waals surface area contributed by atoms with Crippen molar-refractivity contribution in [3.05, 3.63) is 24.3 Å². The van der Waals surface area contributed by atoms with Gasteiger partial charge in [-0.25, -0.2) is 0 Å². The summed E-state index contributed by atoms with van der Waals surface area (Å²) in [6.07, 6.45) is 19.1. The molecule has 10 atom stereocenters. The van der Waals surface area contributed by atoms with Gasteiger partial charge in [-0.2, -0.15) is 0 Å². The Hall–Kier alpha value is -0.560. The molecule has 4 aliphatic rings. The van der Waals surface area contributed by atoms with Crippen LogP contribution in [0.2, 0.25) is 0 Å². The minimum Gasteiger partial charge on any atom is -0.393 e. The van der Waals surface area contributed by atoms with E-state index in [1.165, 1.54) is 32.1 Å². The standard InChI is InChI=1S/C28H46O/c1-18(2)19(3)7-8-20(4)24-11-12-25-23-10-9-21-17-22(29)13-15-27(21,5)26(23)14-16-28(24,25)6/h7-10,18-26,29H,11-17H2,1-6H3/t19-,20+,21?,22-,23-,24+,25-,26-,27-,28+/m0/s1. The molecule has 3 saturated carbocycles. The fraction of sp³-hybridized carbons (Fsp3) is 0.857. The molecule has 1 heteroatoms. The highest BCUT2D eigenvalue weighted by atomic mass is 16.3. The average molecular weight is 399 g/mol. The van der Waals surface area contributed by atoms with Gasteiger partial charge in [0.15, 0.2) is 0 Å². The normalized spacial score (nSPS) is 49.0. The van der Waals surface area contributed by atoms with Crippen molar-refractivity contribution in [3.8, 4) is 0 Å². The summed E-state index contributed by atoms with van der Waals surface area (Å²) in [4.78, 5) is 0. The molecule has 0 aromatic carbocycles. The Morgan fingerprint density at radius 1 is 0.862 bits per heavy atom.